The third kappa shape index (κ3) is 2.83. The van der Waals surface area contributed by atoms with Crippen LogP contribution in [-0.2, 0) is 16.0 Å². The van der Waals surface area contributed by atoms with Crippen LogP contribution in [0.5, 0.6) is 5.75 Å². The van der Waals surface area contributed by atoms with Gasteiger partial charge in [0, 0.05) is 17.9 Å². The minimum absolute atomic E-state index is 0.0362. The third-order valence-electron chi connectivity index (χ3n) is 7.49. The minimum Gasteiger partial charge on any atom is -0.511 e. The topological polar surface area (TPSA) is 132 Å². The number of hydrogen-bond acceptors (Lipinski definition) is 7. The van der Waals surface area contributed by atoms with Gasteiger partial charge in [0.25, 0.3) is 0 Å². The summed E-state index contributed by atoms with van der Waals surface area (Å²) in [7, 11) is 0. The van der Waals surface area contributed by atoms with E-state index in [2.05, 4.69) is 0 Å². The van der Waals surface area contributed by atoms with E-state index >= 15 is 0 Å². The van der Waals surface area contributed by atoms with Crippen LogP contribution in [0.2, 0.25) is 0 Å². The van der Waals surface area contributed by atoms with Gasteiger partial charge in [-0.15, -0.1) is 0 Å². The number of aliphatic hydroxyl groups excluding tert-OH is 2. The van der Waals surface area contributed by atoms with Gasteiger partial charge in [-0.3, -0.25) is 14.4 Å². The number of fused-ring (bicyclic) bond motifs is 3. The molecule has 0 unspecified atom stereocenters. The molecule has 0 spiro atoms. The SMILES string of the molecule is CC(=O)C1=C(O)C[C@@H]2C[C@@H]3Cc4c(-c5ccccc5C)ccc(O)c4C(=O)C3=C(O)[C@]2(O)C1=O. The minimum atomic E-state index is -2.48. The van der Waals surface area contributed by atoms with E-state index in [0.29, 0.717) is 12.0 Å². The number of ketones is 3. The first kappa shape index (κ1) is 22.1. The lowest BCUT2D eigenvalue weighted by Gasteiger charge is -2.45. The molecular formula is C27H24O7. The Hall–Kier alpha value is -3.71. The van der Waals surface area contributed by atoms with Crippen LogP contribution >= 0.6 is 0 Å². The predicted molar refractivity (Wildman–Crippen MR) is 122 cm³/mol. The van der Waals surface area contributed by atoms with Crippen LogP contribution in [0.3, 0.4) is 0 Å². The number of hydrogen-bond donors (Lipinski definition) is 4. The van der Waals surface area contributed by atoms with Crippen molar-refractivity contribution in [1.29, 1.82) is 0 Å². The number of rotatable bonds is 2. The van der Waals surface area contributed by atoms with Crippen LogP contribution in [0.15, 0.2) is 59.1 Å². The largest absolute Gasteiger partial charge is 0.511 e. The van der Waals surface area contributed by atoms with Crippen molar-refractivity contribution >= 4 is 17.3 Å². The average Bonchev–Trinajstić information content (AvgIpc) is 2.77. The molecule has 3 aliphatic rings. The van der Waals surface area contributed by atoms with Crippen molar-refractivity contribution in [3.05, 3.63) is 75.8 Å². The molecule has 0 amide bonds. The zero-order valence-electron chi connectivity index (χ0n) is 18.8. The van der Waals surface area contributed by atoms with Gasteiger partial charge in [-0.05, 0) is 60.9 Å². The van der Waals surface area contributed by atoms with E-state index in [1.165, 1.54) is 6.07 Å². The highest BCUT2D eigenvalue weighted by Gasteiger charge is 2.59. The van der Waals surface area contributed by atoms with Crippen molar-refractivity contribution in [3.8, 4) is 16.9 Å². The summed E-state index contributed by atoms with van der Waals surface area (Å²) in [5.74, 6) is -5.37. The first-order chi connectivity index (χ1) is 16.1. The molecule has 0 bridgehead atoms. The van der Waals surface area contributed by atoms with Crippen molar-refractivity contribution in [2.75, 3.05) is 0 Å². The van der Waals surface area contributed by atoms with E-state index in [9.17, 15) is 34.8 Å². The maximum Gasteiger partial charge on any atom is 0.209 e. The standard InChI is InChI=1S/C27H24O7/c1-12-5-3-4-6-16(12)17-7-8-19(29)23-18(17)10-14-9-15-11-20(30)21(13(2)28)25(32)27(15,34)26(33)22(14)24(23)31/h3-8,14-15,29-30,33-34H,9-11H2,1-2H3/t14-,15+,27-/m1/s1. The molecular weight excluding hydrogens is 436 g/mol. The summed E-state index contributed by atoms with van der Waals surface area (Å²) in [6, 6.07) is 10.9. The molecule has 0 aliphatic heterocycles. The molecule has 7 nitrogen and oxygen atoms in total. The Bertz CT molecular complexity index is 1360. The molecule has 4 N–H and O–H groups in total. The smallest absolute Gasteiger partial charge is 0.209 e. The molecule has 0 fully saturated rings. The summed E-state index contributed by atoms with van der Waals surface area (Å²) in [4.78, 5) is 38.6. The Kier molecular flexibility index (Phi) is 4.81. The summed E-state index contributed by atoms with van der Waals surface area (Å²) < 4.78 is 0. The molecule has 3 atom stereocenters. The van der Waals surface area contributed by atoms with Crippen molar-refractivity contribution < 1.29 is 34.8 Å². The lowest BCUT2D eigenvalue weighted by atomic mass is 9.60. The monoisotopic (exact) mass is 460 g/mol. The quantitative estimate of drug-likeness (QED) is 0.503. The molecule has 0 aromatic heterocycles. The Morgan fingerprint density at radius 3 is 2.38 bits per heavy atom. The first-order valence-corrected chi connectivity index (χ1v) is 11.2. The van der Waals surface area contributed by atoms with E-state index in [-0.39, 0.29) is 29.7 Å². The number of aromatic hydroxyl groups is 1. The van der Waals surface area contributed by atoms with Gasteiger partial charge in [-0.25, -0.2) is 0 Å². The van der Waals surface area contributed by atoms with Crippen molar-refractivity contribution in [2.45, 2.75) is 38.7 Å². The normalized spacial score (nSPS) is 26.2. The van der Waals surface area contributed by atoms with Gasteiger partial charge in [0.2, 0.25) is 5.78 Å². The van der Waals surface area contributed by atoms with Gasteiger partial charge in [0.1, 0.15) is 22.8 Å². The molecule has 3 aliphatic carbocycles. The number of benzene rings is 2. The van der Waals surface area contributed by atoms with Gasteiger partial charge >= 0.3 is 0 Å². The Balaban J connectivity index is 1.70. The molecule has 174 valence electrons. The maximum absolute atomic E-state index is 13.6. The lowest BCUT2D eigenvalue weighted by Crippen LogP contribution is -2.56. The van der Waals surface area contributed by atoms with Crippen LogP contribution in [0, 0.1) is 18.8 Å². The molecule has 0 saturated heterocycles. The zero-order chi connectivity index (χ0) is 24.5. The number of aliphatic hydroxyl groups is 3. The zero-order valence-corrected chi connectivity index (χ0v) is 18.8. The maximum atomic E-state index is 13.6. The first-order valence-electron chi connectivity index (χ1n) is 11.2. The number of allylic oxidation sites excluding steroid dienone is 2. The van der Waals surface area contributed by atoms with Gasteiger partial charge in [-0.1, -0.05) is 30.3 Å². The fourth-order valence-electron chi connectivity index (χ4n) is 5.86. The summed E-state index contributed by atoms with van der Waals surface area (Å²) in [5.41, 5.74) is 0.213. The molecule has 2 aromatic carbocycles. The fraction of sp³-hybridized carbons (Fsp3) is 0.296. The number of carbonyl (C=O) groups excluding carboxylic acids is 3. The molecule has 0 radical (unpaired) electrons. The molecule has 7 heteroatoms. The molecule has 5 rings (SSSR count). The van der Waals surface area contributed by atoms with E-state index in [0.717, 1.165) is 23.6 Å². The lowest BCUT2D eigenvalue weighted by molar-refractivity contribution is -0.144. The fourth-order valence-corrected chi connectivity index (χ4v) is 5.86. The van der Waals surface area contributed by atoms with Gasteiger partial charge in [0.15, 0.2) is 17.2 Å². The van der Waals surface area contributed by atoms with Gasteiger partial charge < -0.3 is 20.4 Å². The van der Waals surface area contributed by atoms with E-state index < -0.39 is 51.9 Å². The molecule has 34 heavy (non-hydrogen) atoms. The molecule has 2 aromatic rings. The van der Waals surface area contributed by atoms with Crippen molar-refractivity contribution in [3.63, 3.8) is 0 Å². The number of carbonyl (C=O) groups is 3. The summed E-state index contributed by atoms with van der Waals surface area (Å²) >= 11 is 0. The Morgan fingerprint density at radius 1 is 1.00 bits per heavy atom. The second kappa shape index (κ2) is 7.40. The number of phenolic OH excluding ortho intramolecular Hbond substituents is 1. The van der Waals surface area contributed by atoms with Crippen molar-refractivity contribution in [1.82, 2.24) is 0 Å². The summed E-state index contributed by atoms with van der Waals surface area (Å²) in [5, 5.41) is 43.4. The Labute approximate surface area is 195 Å². The summed E-state index contributed by atoms with van der Waals surface area (Å²) in [6.45, 7) is 3.04. The van der Waals surface area contributed by atoms with E-state index in [1.54, 1.807) is 6.07 Å². The van der Waals surface area contributed by atoms with Gasteiger partial charge in [0.05, 0.1) is 5.56 Å². The highest BCUT2D eigenvalue weighted by Crippen LogP contribution is 2.52. The third-order valence-corrected chi connectivity index (χ3v) is 7.49. The number of Topliss-reactive ketones (excluding diaryl/α,β-unsaturated/α-hetero) is 3. The second-order valence-corrected chi connectivity index (χ2v) is 9.40. The number of phenols is 1. The van der Waals surface area contributed by atoms with Crippen LogP contribution in [0.1, 0.15) is 41.3 Å². The van der Waals surface area contributed by atoms with Crippen LogP contribution in [-0.4, -0.2) is 43.4 Å². The second-order valence-electron chi connectivity index (χ2n) is 9.40. The van der Waals surface area contributed by atoms with E-state index in [1.807, 2.05) is 31.2 Å². The van der Waals surface area contributed by atoms with Crippen LogP contribution in [0.25, 0.3) is 11.1 Å². The van der Waals surface area contributed by atoms with E-state index in [4.69, 9.17) is 0 Å². The van der Waals surface area contributed by atoms with Crippen LogP contribution in [0.4, 0.5) is 0 Å². The van der Waals surface area contributed by atoms with Gasteiger partial charge in [-0.2, -0.15) is 0 Å². The Morgan fingerprint density at radius 2 is 1.71 bits per heavy atom. The highest BCUT2D eigenvalue weighted by atomic mass is 16.3. The molecule has 0 saturated carbocycles. The summed E-state index contributed by atoms with van der Waals surface area (Å²) in [6.07, 6.45) is 0.269. The van der Waals surface area contributed by atoms with Crippen LogP contribution < -0.4 is 0 Å². The average molecular weight is 460 g/mol. The molecule has 0 heterocycles. The van der Waals surface area contributed by atoms with Crippen molar-refractivity contribution in [2.24, 2.45) is 11.8 Å². The predicted octanol–water partition coefficient (Wildman–Crippen LogP) is 3.66. The highest BCUT2D eigenvalue weighted by molar-refractivity contribution is 6.25. The number of aryl methyl sites for hydroxylation is 1.